The average molecular weight is 265 g/mol. The molecule has 4 heteroatoms. The van der Waals surface area contributed by atoms with E-state index in [0.717, 1.165) is 16.5 Å². The van der Waals surface area contributed by atoms with Crippen molar-refractivity contribution >= 4 is 28.4 Å². The van der Waals surface area contributed by atoms with Gasteiger partial charge in [0, 0.05) is 27.7 Å². The van der Waals surface area contributed by atoms with Gasteiger partial charge in [-0.25, -0.2) is 0 Å². The van der Waals surface area contributed by atoms with Crippen LogP contribution in [0.3, 0.4) is 0 Å². The molecule has 1 heterocycles. The molecule has 0 saturated heterocycles. The van der Waals surface area contributed by atoms with Crippen LogP contribution in [0.1, 0.15) is 26.3 Å². The molecule has 0 saturated carbocycles. The van der Waals surface area contributed by atoms with Crippen LogP contribution in [0.2, 0.25) is 5.02 Å². The van der Waals surface area contributed by atoms with Crippen molar-refractivity contribution in [2.24, 2.45) is 0 Å². The quantitative estimate of drug-likeness (QED) is 0.859. The second-order valence-corrected chi connectivity index (χ2v) is 5.92. The molecular weight excluding hydrogens is 248 g/mol. The Morgan fingerprint density at radius 1 is 1.39 bits per heavy atom. The minimum absolute atomic E-state index is 0.0170. The molecule has 0 aliphatic heterocycles. The number of carbonyl (C=O) groups excluding carboxylic acids is 1. The van der Waals surface area contributed by atoms with Crippen LogP contribution in [0.25, 0.3) is 10.9 Å². The molecule has 0 bridgehead atoms. The van der Waals surface area contributed by atoms with E-state index in [0.29, 0.717) is 11.4 Å². The molecule has 0 unspecified atom stereocenters. The lowest BCUT2D eigenvalue weighted by Gasteiger charge is -2.20. The van der Waals surface area contributed by atoms with E-state index in [1.807, 2.05) is 45.2 Å². The van der Waals surface area contributed by atoms with Gasteiger partial charge in [-0.15, -0.1) is 0 Å². The zero-order valence-electron chi connectivity index (χ0n) is 10.8. The molecule has 0 fully saturated rings. The highest BCUT2D eigenvalue weighted by atomic mass is 35.5. The van der Waals surface area contributed by atoms with E-state index in [1.54, 1.807) is 0 Å². The molecule has 0 aliphatic rings. The fraction of sp³-hybridized carbons (Fsp3) is 0.357. The Hall–Kier alpha value is -1.48. The van der Waals surface area contributed by atoms with E-state index in [4.69, 9.17) is 11.6 Å². The van der Waals surface area contributed by atoms with Crippen molar-refractivity contribution in [1.29, 1.82) is 0 Å². The first-order chi connectivity index (χ1) is 8.35. The van der Waals surface area contributed by atoms with Crippen LogP contribution < -0.4 is 5.32 Å². The fourth-order valence-corrected chi connectivity index (χ4v) is 2.10. The van der Waals surface area contributed by atoms with Crippen molar-refractivity contribution in [3.05, 3.63) is 35.0 Å². The minimum atomic E-state index is -0.208. The predicted octanol–water partition coefficient (Wildman–Crippen LogP) is 3.28. The highest BCUT2D eigenvalue weighted by Crippen LogP contribution is 2.22. The highest BCUT2D eigenvalue weighted by Gasteiger charge is 2.15. The number of hydrogen-bond donors (Lipinski definition) is 2. The van der Waals surface area contributed by atoms with Crippen LogP contribution in [-0.4, -0.2) is 16.4 Å². The van der Waals surface area contributed by atoms with E-state index < -0.39 is 0 Å². The zero-order chi connectivity index (χ0) is 13.3. The molecule has 18 heavy (non-hydrogen) atoms. The Balaban J connectivity index is 2.22. The molecule has 2 rings (SSSR count). The normalized spacial score (nSPS) is 11.8. The maximum Gasteiger partial charge on any atom is 0.224 e. The topological polar surface area (TPSA) is 44.9 Å². The summed E-state index contributed by atoms with van der Waals surface area (Å²) in [7, 11) is 0. The zero-order valence-corrected chi connectivity index (χ0v) is 11.6. The van der Waals surface area contributed by atoms with Gasteiger partial charge in [0.1, 0.15) is 0 Å². The summed E-state index contributed by atoms with van der Waals surface area (Å²) < 4.78 is 0. The molecule has 0 atom stereocenters. The molecule has 1 amide bonds. The second kappa shape index (κ2) is 4.65. The third kappa shape index (κ3) is 3.05. The van der Waals surface area contributed by atoms with E-state index in [1.165, 1.54) is 0 Å². The first-order valence-electron chi connectivity index (χ1n) is 5.92. The van der Waals surface area contributed by atoms with Gasteiger partial charge < -0.3 is 10.3 Å². The maximum atomic E-state index is 11.9. The van der Waals surface area contributed by atoms with Gasteiger partial charge in [0.15, 0.2) is 0 Å². The van der Waals surface area contributed by atoms with Crippen LogP contribution in [0.5, 0.6) is 0 Å². The highest BCUT2D eigenvalue weighted by molar-refractivity contribution is 6.31. The molecule has 2 aromatic rings. The molecule has 2 N–H and O–H groups in total. The van der Waals surface area contributed by atoms with Crippen LogP contribution in [-0.2, 0) is 11.2 Å². The van der Waals surface area contributed by atoms with Gasteiger partial charge >= 0.3 is 0 Å². The Morgan fingerprint density at radius 3 is 2.78 bits per heavy atom. The number of fused-ring (bicyclic) bond motifs is 1. The summed E-state index contributed by atoms with van der Waals surface area (Å²) in [6.45, 7) is 5.91. The molecule has 1 aromatic heterocycles. The molecular formula is C14H17ClN2O. The third-order valence-electron chi connectivity index (χ3n) is 2.59. The molecule has 3 nitrogen and oxygen atoms in total. The Bertz CT molecular complexity index is 581. The summed E-state index contributed by atoms with van der Waals surface area (Å²) in [5.74, 6) is 0.0170. The van der Waals surface area contributed by atoms with E-state index >= 15 is 0 Å². The molecule has 1 aromatic carbocycles. The van der Waals surface area contributed by atoms with Gasteiger partial charge in [0.2, 0.25) is 5.91 Å². The van der Waals surface area contributed by atoms with E-state index in [2.05, 4.69) is 10.3 Å². The Labute approximate surface area is 112 Å². The van der Waals surface area contributed by atoms with Gasteiger partial charge in [-0.3, -0.25) is 4.79 Å². The lowest BCUT2D eigenvalue weighted by Crippen LogP contribution is -2.41. The van der Waals surface area contributed by atoms with E-state index in [9.17, 15) is 4.79 Å². The largest absolute Gasteiger partial charge is 0.361 e. The number of aromatic nitrogens is 1. The van der Waals surface area contributed by atoms with Gasteiger partial charge in [-0.2, -0.15) is 0 Å². The van der Waals surface area contributed by atoms with Crippen molar-refractivity contribution in [3.8, 4) is 0 Å². The smallest absolute Gasteiger partial charge is 0.224 e. The number of carbonyl (C=O) groups is 1. The second-order valence-electron chi connectivity index (χ2n) is 5.48. The van der Waals surface area contributed by atoms with Crippen molar-refractivity contribution in [2.75, 3.05) is 0 Å². The SMILES string of the molecule is CC(C)(C)NC(=O)Cc1c[nH]c2ccc(Cl)cc12. The molecule has 96 valence electrons. The van der Waals surface area contributed by atoms with Gasteiger partial charge in [-0.1, -0.05) is 11.6 Å². The summed E-state index contributed by atoms with van der Waals surface area (Å²) in [6, 6.07) is 5.63. The summed E-state index contributed by atoms with van der Waals surface area (Å²) in [5.41, 5.74) is 1.76. The number of nitrogens with one attached hydrogen (secondary N) is 2. The van der Waals surface area contributed by atoms with E-state index in [-0.39, 0.29) is 11.4 Å². The number of aromatic amines is 1. The molecule has 0 spiro atoms. The van der Waals surface area contributed by atoms with Crippen LogP contribution >= 0.6 is 11.6 Å². The first kappa shape index (κ1) is 13.0. The fourth-order valence-electron chi connectivity index (χ4n) is 1.93. The number of benzene rings is 1. The lowest BCUT2D eigenvalue weighted by atomic mass is 10.1. The summed E-state index contributed by atoms with van der Waals surface area (Å²) in [4.78, 5) is 15.0. The number of H-pyrrole nitrogens is 1. The first-order valence-corrected chi connectivity index (χ1v) is 6.29. The number of hydrogen-bond acceptors (Lipinski definition) is 1. The van der Waals surface area contributed by atoms with Crippen molar-refractivity contribution in [3.63, 3.8) is 0 Å². The van der Waals surface area contributed by atoms with Gasteiger partial charge in [0.25, 0.3) is 0 Å². The van der Waals surface area contributed by atoms with Crippen molar-refractivity contribution in [2.45, 2.75) is 32.7 Å². The number of amides is 1. The van der Waals surface area contributed by atoms with Crippen LogP contribution in [0.15, 0.2) is 24.4 Å². The average Bonchev–Trinajstić information content (AvgIpc) is 2.58. The number of halogens is 1. The summed E-state index contributed by atoms with van der Waals surface area (Å²) >= 11 is 5.98. The maximum absolute atomic E-state index is 11.9. The van der Waals surface area contributed by atoms with Crippen molar-refractivity contribution in [1.82, 2.24) is 10.3 Å². The Morgan fingerprint density at radius 2 is 2.11 bits per heavy atom. The lowest BCUT2D eigenvalue weighted by molar-refractivity contribution is -0.121. The number of rotatable bonds is 2. The van der Waals surface area contributed by atoms with Crippen LogP contribution in [0, 0.1) is 0 Å². The summed E-state index contributed by atoms with van der Waals surface area (Å²) in [5, 5.41) is 4.64. The van der Waals surface area contributed by atoms with Gasteiger partial charge in [0.05, 0.1) is 6.42 Å². The standard InChI is InChI=1S/C14H17ClN2O/c1-14(2,3)17-13(18)6-9-8-16-12-5-4-10(15)7-11(9)12/h4-5,7-8,16H,6H2,1-3H3,(H,17,18). The monoisotopic (exact) mass is 264 g/mol. The van der Waals surface area contributed by atoms with Crippen LogP contribution in [0.4, 0.5) is 0 Å². The minimum Gasteiger partial charge on any atom is -0.361 e. The molecule has 0 radical (unpaired) electrons. The van der Waals surface area contributed by atoms with Gasteiger partial charge in [-0.05, 0) is 44.5 Å². The predicted molar refractivity (Wildman–Crippen MR) is 74.9 cm³/mol. The Kier molecular flexibility index (Phi) is 3.35. The third-order valence-corrected chi connectivity index (χ3v) is 2.83. The van der Waals surface area contributed by atoms with Crippen molar-refractivity contribution < 1.29 is 4.79 Å². The molecule has 0 aliphatic carbocycles. The summed E-state index contributed by atoms with van der Waals surface area (Å²) in [6.07, 6.45) is 2.22.